The van der Waals surface area contributed by atoms with Gasteiger partial charge >= 0.3 is 0 Å². The summed E-state index contributed by atoms with van der Waals surface area (Å²) >= 11 is 0. The van der Waals surface area contributed by atoms with Gasteiger partial charge in [0.25, 0.3) is 5.97 Å². The Kier molecular flexibility index (Phi) is 8.76. The number of nitrogens with zero attached hydrogens (tertiary/aromatic N) is 2. The van der Waals surface area contributed by atoms with Crippen LogP contribution in [0.15, 0.2) is 0 Å². The van der Waals surface area contributed by atoms with Gasteiger partial charge in [-0.15, -0.1) is 0 Å². The van der Waals surface area contributed by atoms with E-state index in [2.05, 4.69) is 17.1 Å². The Balaban J connectivity index is 2.76. The Morgan fingerprint density at radius 2 is 2.08 bits per heavy atom. The molecule has 138 valence electrons. The number of hydrogen-bond donors (Lipinski definition) is 1. The third-order valence-electron chi connectivity index (χ3n) is 4.04. The van der Waals surface area contributed by atoms with Gasteiger partial charge in [-0.05, 0) is 6.92 Å². The number of nitriles is 1. The van der Waals surface area contributed by atoms with Crippen molar-refractivity contribution in [3.63, 3.8) is 0 Å². The summed E-state index contributed by atoms with van der Waals surface area (Å²) in [7, 11) is 5.55. The zero-order valence-corrected chi connectivity index (χ0v) is 15.5. The van der Waals surface area contributed by atoms with Crippen LogP contribution in [-0.2, 0) is 23.9 Å². The van der Waals surface area contributed by atoms with Crippen molar-refractivity contribution in [1.82, 2.24) is 5.64 Å². The van der Waals surface area contributed by atoms with Gasteiger partial charge in [0.1, 0.15) is 20.2 Å². The highest BCUT2D eigenvalue weighted by atomic mass is 16.9. The first-order valence-electron chi connectivity index (χ1n) is 8.17. The quantitative estimate of drug-likeness (QED) is 0.276. The molecule has 1 aliphatic heterocycles. The molecule has 0 aliphatic carbocycles. The number of ether oxygens (including phenoxy) is 3. The fraction of sp³-hybridized carbons (Fsp3) is 0.875. The normalized spacial score (nSPS) is 27.7. The van der Waals surface area contributed by atoms with Crippen LogP contribution in [0.5, 0.6) is 0 Å². The topological polar surface area (TPSA) is 85.0 Å². The first-order chi connectivity index (χ1) is 11.4. The van der Waals surface area contributed by atoms with E-state index in [1.165, 1.54) is 5.71 Å². The predicted octanol–water partition coefficient (Wildman–Crippen LogP) is 1.22. The second-order valence-corrected chi connectivity index (χ2v) is 5.97. The molecule has 24 heavy (non-hydrogen) atoms. The van der Waals surface area contributed by atoms with E-state index in [0.717, 1.165) is 6.42 Å². The van der Waals surface area contributed by atoms with Crippen molar-refractivity contribution >= 4 is 5.71 Å². The average molecular weight is 344 g/mol. The second-order valence-electron chi connectivity index (χ2n) is 5.97. The van der Waals surface area contributed by atoms with Crippen molar-refractivity contribution in [2.75, 3.05) is 34.4 Å². The first-order valence-corrected chi connectivity index (χ1v) is 8.17. The van der Waals surface area contributed by atoms with Crippen molar-refractivity contribution in [1.29, 1.82) is 5.26 Å². The van der Waals surface area contributed by atoms with E-state index in [4.69, 9.17) is 29.1 Å². The minimum absolute atomic E-state index is 0.0379. The molecule has 0 bridgehead atoms. The highest BCUT2D eigenvalue weighted by Crippen LogP contribution is 2.33. The van der Waals surface area contributed by atoms with Gasteiger partial charge in [-0.1, -0.05) is 12.6 Å². The smallest absolute Gasteiger partial charge is 0.280 e. The van der Waals surface area contributed by atoms with Crippen LogP contribution in [0.25, 0.3) is 0 Å². The maximum absolute atomic E-state index is 8.47. The van der Waals surface area contributed by atoms with E-state index in [9.17, 15) is 0 Å². The molecule has 0 amide bonds. The molecule has 8 heteroatoms. The Morgan fingerprint density at radius 1 is 1.38 bits per heavy atom. The average Bonchev–Trinajstić information content (AvgIpc) is 2.84. The lowest BCUT2D eigenvalue weighted by Gasteiger charge is -2.25. The van der Waals surface area contributed by atoms with Crippen LogP contribution in [0.4, 0.5) is 0 Å². The highest BCUT2D eigenvalue weighted by molar-refractivity contribution is 5.82. The molecule has 4 atom stereocenters. The van der Waals surface area contributed by atoms with E-state index in [1.807, 2.05) is 27.1 Å². The fourth-order valence-electron chi connectivity index (χ4n) is 2.88. The van der Waals surface area contributed by atoms with E-state index < -0.39 is 5.97 Å². The molecule has 0 spiro atoms. The minimum Gasteiger partial charge on any atom is -0.331 e. The Bertz CT molecular complexity index is 461. The molecule has 0 radical (unpaired) electrons. The summed E-state index contributed by atoms with van der Waals surface area (Å²) in [6.45, 7) is 6.41. The van der Waals surface area contributed by atoms with Crippen LogP contribution >= 0.6 is 0 Å². The number of nitrogens with one attached hydrogen (secondary N) is 1. The number of hydrogen-bond acceptors (Lipinski definition) is 7. The minimum atomic E-state index is -1.05. The van der Waals surface area contributed by atoms with E-state index >= 15 is 0 Å². The van der Waals surface area contributed by atoms with Gasteiger partial charge in [-0.3, -0.25) is 9.68 Å². The SMILES string of the molecule is CCC(C(CONOCCC#N)C1OC(C)(OC)OC1C)=[N+](C)C. The third-order valence-corrected chi connectivity index (χ3v) is 4.04. The van der Waals surface area contributed by atoms with Crippen molar-refractivity contribution in [2.24, 2.45) is 5.92 Å². The highest BCUT2D eigenvalue weighted by Gasteiger charge is 2.48. The summed E-state index contributed by atoms with van der Waals surface area (Å²) in [5.74, 6) is -1.09. The summed E-state index contributed by atoms with van der Waals surface area (Å²) in [5, 5.41) is 8.47. The van der Waals surface area contributed by atoms with Crippen molar-refractivity contribution in [2.45, 2.75) is 51.8 Å². The van der Waals surface area contributed by atoms with Crippen LogP contribution in [0, 0.1) is 17.2 Å². The zero-order chi connectivity index (χ0) is 18.2. The molecule has 8 nitrogen and oxygen atoms in total. The van der Waals surface area contributed by atoms with E-state index in [0.29, 0.717) is 13.0 Å². The molecule has 0 aromatic carbocycles. The summed E-state index contributed by atoms with van der Waals surface area (Å²) in [6, 6.07) is 1.99. The van der Waals surface area contributed by atoms with Gasteiger partial charge in [0, 0.05) is 20.5 Å². The molecule has 1 fully saturated rings. The second kappa shape index (κ2) is 10.0. The Morgan fingerprint density at radius 3 is 2.58 bits per heavy atom. The third kappa shape index (κ3) is 5.77. The van der Waals surface area contributed by atoms with Crippen LogP contribution in [0.1, 0.15) is 33.6 Å². The van der Waals surface area contributed by atoms with E-state index in [1.54, 1.807) is 14.0 Å². The molecule has 1 rings (SSSR count). The Labute approximate surface area is 144 Å². The van der Waals surface area contributed by atoms with Gasteiger partial charge in [0.2, 0.25) is 0 Å². The maximum atomic E-state index is 8.47. The van der Waals surface area contributed by atoms with E-state index in [-0.39, 0.29) is 24.7 Å². The molecule has 0 saturated carbocycles. The van der Waals surface area contributed by atoms with Crippen molar-refractivity contribution < 1.29 is 28.5 Å². The van der Waals surface area contributed by atoms with Gasteiger partial charge < -0.3 is 14.2 Å². The molecule has 1 aliphatic rings. The van der Waals surface area contributed by atoms with Crippen LogP contribution in [-0.4, -0.2) is 62.9 Å². The van der Waals surface area contributed by atoms with Gasteiger partial charge in [-0.2, -0.15) is 5.26 Å². The van der Waals surface area contributed by atoms with Gasteiger partial charge in [-0.25, -0.2) is 4.58 Å². The zero-order valence-electron chi connectivity index (χ0n) is 15.5. The lowest BCUT2D eigenvalue weighted by molar-refractivity contribution is -0.469. The van der Waals surface area contributed by atoms with Crippen molar-refractivity contribution in [3.05, 3.63) is 0 Å². The molecule has 4 unspecified atom stereocenters. The van der Waals surface area contributed by atoms with Crippen LogP contribution < -0.4 is 5.64 Å². The summed E-state index contributed by atoms with van der Waals surface area (Å²) in [6.07, 6.45) is 0.789. The molecule has 0 aromatic heterocycles. The first kappa shape index (κ1) is 21.0. The van der Waals surface area contributed by atoms with Crippen LogP contribution in [0.3, 0.4) is 0 Å². The molecule has 1 saturated heterocycles. The molecular weight excluding hydrogens is 314 g/mol. The van der Waals surface area contributed by atoms with Gasteiger partial charge in [0.05, 0.1) is 37.7 Å². The molecular formula is C16H30N3O5+. The van der Waals surface area contributed by atoms with Crippen LogP contribution in [0.2, 0.25) is 0 Å². The lowest BCUT2D eigenvalue weighted by Crippen LogP contribution is -2.42. The molecule has 1 heterocycles. The summed E-state index contributed by atoms with van der Waals surface area (Å²) < 4.78 is 19.2. The Hall–Kier alpha value is -1.08. The standard InChI is InChI=1S/C16H30N3O5/c1-7-14(19(4)5)13(11-22-18-21-10-8-9-17)15-12(2)23-16(3,20-6)24-15/h12-13,15,18H,7-8,10-11H2,1-6H3/q+1. The molecule has 1 N–H and O–H groups in total. The molecule has 0 aromatic rings. The lowest BCUT2D eigenvalue weighted by atomic mass is 9.92. The number of rotatable bonds is 10. The monoisotopic (exact) mass is 344 g/mol. The van der Waals surface area contributed by atoms with Crippen molar-refractivity contribution in [3.8, 4) is 6.07 Å². The predicted molar refractivity (Wildman–Crippen MR) is 87.0 cm³/mol. The maximum Gasteiger partial charge on any atom is 0.280 e. The fourth-order valence-corrected chi connectivity index (χ4v) is 2.88. The number of methoxy groups -OCH3 is 1. The van der Waals surface area contributed by atoms with Gasteiger partial charge in [0.15, 0.2) is 5.71 Å². The summed E-state index contributed by atoms with van der Waals surface area (Å²) in [5.41, 5.74) is 3.61. The summed E-state index contributed by atoms with van der Waals surface area (Å²) in [4.78, 5) is 10.5. The largest absolute Gasteiger partial charge is 0.331 e.